The molecule has 5 heterocycles. The van der Waals surface area contributed by atoms with Crippen molar-refractivity contribution in [2.45, 2.75) is 0 Å². The molecular weight excluding hydrogens is 616 g/mol. The minimum absolute atomic E-state index is 0.526. The summed E-state index contributed by atoms with van der Waals surface area (Å²) in [6.07, 6.45) is 0. The van der Waals surface area contributed by atoms with Crippen LogP contribution in [0, 0.1) is 0 Å². The van der Waals surface area contributed by atoms with Crippen molar-refractivity contribution < 1.29 is 16.2 Å². The molecule has 0 amide bonds. The Balaban J connectivity index is 1.46. The third-order valence-electron chi connectivity index (χ3n) is 7.88. The third-order valence-corrected chi connectivity index (χ3v) is 7.99. The Morgan fingerprint density at radius 3 is 1.42 bits per heavy atom. The summed E-state index contributed by atoms with van der Waals surface area (Å²) >= 11 is 4.93. The zero-order valence-electron chi connectivity index (χ0n) is 23.1. The van der Waals surface area contributed by atoms with E-state index in [9.17, 15) is 0 Å². The molecule has 8 bridgehead atoms. The summed E-state index contributed by atoms with van der Waals surface area (Å²) in [5, 5.41) is 3.49. The molecule has 3 aromatic heterocycles. The van der Waals surface area contributed by atoms with E-state index in [1.165, 1.54) is 0 Å². The number of benzene rings is 4. The molecule has 0 spiro atoms. The van der Waals surface area contributed by atoms with Gasteiger partial charge in [-0.15, -0.1) is 0 Å². The number of H-pyrrole nitrogens is 2. The molecule has 9 rings (SSSR count). The van der Waals surface area contributed by atoms with Crippen LogP contribution in [0.2, 0.25) is 0 Å². The van der Waals surface area contributed by atoms with Gasteiger partial charge in [0, 0.05) is 10.8 Å². The maximum atomic E-state index is 5.08. The van der Waals surface area contributed by atoms with E-state index in [1.807, 2.05) is 91.0 Å². The fourth-order valence-electron chi connectivity index (χ4n) is 5.91. The first kappa shape index (κ1) is 25.9. The average Bonchev–Trinajstić information content (AvgIpc) is 3.81. The van der Waals surface area contributed by atoms with Gasteiger partial charge < -0.3 is 4.98 Å². The monoisotopic (exact) mass is 636 g/mol. The zero-order valence-corrected chi connectivity index (χ0v) is 24.1. The molecule has 220 valence electrons. The van der Waals surface area contributed by atoms with Gasteiger partial charge in [0.1, 0.15) is 11.3 Å². The Labute approximate surface area is 262 Å². The van der Waals surface area contributed by atoms with Crippen molar-refractivity contribution in [3.8, 4) is 45.6 Å². The summed E-state index contributed by atoms with van der Waals surface area (Å²) in [4.78, 5) is 37.0. The van der Waals surface area contributed by atoms with Crippen LogP contribution in [0.5, 0.6) is 0 Å². The standard InChI is InChI=1S/C32H21N12.Cu/c33-43-44-42-23-15-7-14-22-24(23)32-40-30-21-13-6-5-12-20(21)28(38-30)36-26-17-9-2-1-8-16(17)25(34-26)35-27-18-10-3-4-11-19(18)29(37-27)39-31(22)41-32;/h1-15,33,42-44H,(H2,34,35,36,37,38,39,40,41);/q-1;+1. The Bertz CT molecular complexity index is 2480. The molecule has 13 heteroatoms. The number of fused-ring (bicyclic) bond motifs is 20. The second-order valence-electron chi connectivity index (χ2n) is 10.4. The van der Waals surface area contributed by atoms with Crippen LogP contribution in [0.3, 0.4) is 0 Å². The van der Waals surface area contributed by atoms with Gasteiger partial charge in [-0.25, -0.2) is 4.98 Å². The van der Waals surface area contributed by atoms with E-state index < -0.39 is 0 Å². The van der Waals surface area contributed by atoms with Crippen molar-refractivity contribution in [3.05, 3.63) is 91.0 Å². The predicted octanol–water partition coefficient (Wildman–Crippen LogP) is 5.26. The quantitative estimate of drug-likeness (QED) is 0.0856. The molecule has 7 aromatic rings. The SMILES string of the molecule is [Cu][NH]NNNc1cccc2c3nc4nc(nc5[nH]c(nc6nc(nc([nH]3)c12)-c1ccccc1-6)c1ccccc51)-c1ccccc1-4. The summed E-state index contributed by atoms with van der Waals surface area (Å²) in [5.41, 5.74) is 15.3. The van der Waals surface area contributed by atoms with E-state index in [0.29, 0.717) is 45.9 Å². The number of anilines is 1. The van der Waals surface area contributed by atoms with Gasteiger partial charge in [-0.3, -0.25) is 0 Å². The third kappa shape index (κ3) is 4.18. The number of rotatable bonds is 4. The van der Waals surface area contributed by atoms with Crippen LogP contribution in [-0.2, 0) is 16.2 Å². The number of aromatic nitrogens is 8. The van der Waals surface area contributed by atoms with E-state index in [0.717, 1.165) is 49.5 Å². The maximum absolute atomic E-state index is 5.08. The fraction of sp³-hybridized carbons (Fsp3) is 0. The summed E-state index contributed by atoms with van der Waals surface area (Å²) < 4.78 is 2.40. The molecule has 0 radical (unpaired) electrons. The van der Waals surface area contributed by atoms with Gasteiger partial charge >= 0.3 is 183 Å². The summed E-state index contributed by atoms with van der Waals surface area (Å²) in [7, 11) is 0. The van der Waals surface area contributed by atoms with Crippen LogP contribution in [0.4, 0.5) is 5.69 Å². The Kier molecular flexibility index (Phi) is 5.91. The fourth-order valence-corrected chi connectivity index (χ4v) is 5.97. The molecule has 6 N–H and O–H groups in total. The summed E-state index contributed by atoms with van der Waals surface area (Å²) in [6.45, 7) is 0. The summed E-state index contributed by atoms with van der Waals surface area (Å²) in [6, 6.07) is 29.8. The van der Waals surface area contributed by atoms with Crippen molar-refractivity contribution in [1.82, 2.24) is 55.4 Å². The van der Waals surface area contributed by atoms with Crippen LogP contribution in [0.15, 0.2) is 91.0 Å². The van der Waals surface area contributed by atoms with Gasteiger partial charge in [-0.1, -0.05) is 48.5 Å². The van der Waals surface area contributed by atoms with Gasteiger partial charge in [0.15, 0.2) is 0 Å². The summed E-state index contributed by atoms with van der Waals surface area (Å²) in [5.74, 6) is 2.18. The van der Waals surface area contributed by atoms with Crippen molar-refractivity contribution >= 4 is 49.8 Å². The zero-order chi connectivity index (χ0) is 29.9. The van der Waals surface area contributed by atoms with Crippen LogP contribution in [0.1, 0.15) is 0 Å². The van der Waals surface area contributed by atoms with Crippen molar-refractivity contribution in [3.63, 3.8) is 0 Å². The number of nitrogens with one attached hydrogen (secondary N) is 6. The topological polar surface area (TPSA) is 157 Å². The molecule has 0 saturated heterocycles. The second kappa shape index (κ2) is 10.3. The van der Waals surface area contributed by atoms with Crippen molar-refractivity contribution in [2.75, 3.05) is 5.43 Å². The molecule has 2 aliphatic rings. The van der Waals surface area contributed by atoms with Gasteiger partial charge in [-0.05, 0) is 0 Å². The van der Waals surface area contributed by atoms with Gasteiger partial charge in [0.05, 0.1) is 0 Å². The molecule has 0 unspecified atom stereocenters. The van der Waals surface area contributed by atoms with Crippen LogP contribution in [-0.4, -0.2) is 39.9 Å². The molecule has 45 heavy (non-hydrogen) atoms. The predicted molar refractivity (Wildman–Crippen MR) is 169 cm³/mol. The average molecular weight is 637 g/mol. The van der Waals surface area contributed by atoms with E-state index in [4.69, 9.17) is 46.1 Å². The normalized spacial score (nSPS) is 12.0. The van der Waals surface area contributed by atoms with Gasteiger partial charge in [0.25, 0.3) is 0 Å². The molecule has 12 nitrogen and oxygen atoms in total. The molecule has 2 aliphatic heterocycles. The van der Waals surface area contributed by atoms with Crippen LogP contribution in [0.25, 0.3) is 89.7 Å². The molecule has 0 aliphatic carbocycles. The first-order chi connectivity index (χ1) is 22.2. The number of hydrogen-bond donors (Lipinski definition) is 6. The number of hydrazine groups is 3. The Morgan fingerprint density at radius 1 is 0.444 bits per heavy atom. The molecule has 0 atom stereocenters. The number of hydrogen-bond acceptors (Lipinski definition) is 10. The van der Waals surface area contributed by atoms with Gasteiger partial charge in [0.2, 0.25) is 0 Å². The molecule has 0 fully saturated rings. The van der Waals surface area contributed by atoms with E-state index in [2.05, 4.69) is 30.9 Å². The van der Waals surface area contributed by atoms with Gasteiger partial charge in [-0.2, -0.15) is 0 Å². The first-order valence-corrected chi connectivity index (χ1v) is 14.5. The molecule has 0 saturated carbocycles. The van der Waals surface area contributed by atoms with Crippen LogP contribution < -0.4 is 20.9 Å². The Morgan fingerprint density at radius 2 is 0.889 bits per heavy atom. The minimum atomic E-state index is 0.526. The molecular formula is C32H21CuN12. The van der Waals surface area contributed by atoms with Crippen molar-refractivity contribution in [1.29, 1.82) is 0 Å². The second-order valence-corrected chi connectivity index (χ2v) is 10.7. The van der Waals surface area contributed by atoms with E-state index in [-0.39, 0.29) is 0 Å². The first-order valence-electron chi connectivity index (χ1n) is 14.1. The molecule has 4 aromatic carbocycles. The number of aromatic amines is 2. The Hall–Kier alpha value is -5.56. The van der Waals surface area contributed by atoms with E-state index >= 15 is 0 Å². The van der Waals surface area contributed by atoms with Crippen LogP contribution >= 0.6 is 0 Å². The van der Waals surface area contributed by atoms with Crippen molar-refractivity contribution in [2.24, 2.45) is 0 Å². The van der Waals surface area contributed by atoms with E-state index in [1.54, 1.807) is 0 Å². The number of nitrogens with zero attached hydrogens (tertiary/aromatic N) is 6.